The number of rotatable bonds is 7. The van der Waals surface area contributed by atoms with Gasteiger partial charge < -0.3 is 15.3 Å². The molecule has 0 fully saturated rings. The lowest BCUT2D eigenvalue weighted by molar-refractivity contribution is 0.0508. The number of aliphatic hydroxyl groups excluding tert-OH is 1. The number of hydrogen-bond donors (Lipinski definition) is 2. The Kier molecular flexibility index (Phi) is 5.86. The first-order chi connectivity index (χ1) is 8.58. The fraction of sp³-hybridized carbons (Fsp3) is 0.667. The number of carbonyl (C=O) groups is 1. The summed E-state index contributed by atoms with van der Waals surface area (Å²) in [5, 5.41) is 19.5. The molecule has 1 amide bonds. The van der Waals surface area contributed by atoms with Crippen molar-refractivity contribution in [3.63, 3.8) is 0 Å². The zero-order chi connectivity index (χ0) is 13.5. The molecule has 0 spiro atoms. The van der Waals surface area contributed by atoms with Crippen LogP contribution in [0.2, 0.25) is 0 Å². The first-order valence-corrected chi connectivity index (χ1v) is 6.15. The number of anilines is 1. The van der Waals surface area contributed by atoms with Crippen LogP contribution in [0.25, 0.3) is 0 Å². The summed E-state index contributed by atoms with van der Waals surface area (Å²) in [6.45, 7) is 1.23. The van der Waals surface area contributed by atoms with Gasteiger partial charge in [0, 0.05) is 13.1 Å². The van der Waals surface area contributed by atoms with Gasteiger partial charge in [0.2, 0.25) is 10.1 Å². The molecule has 102 valence electrons. The van der Waals surface area contributed by atoms with Crippen LogP contribution in [-0.4, -0.2) is 58.8 Å². The average molecular weight is 280 g/mol. The summed E-state index contributed by atoms with van der Waals surface area (Å²) >= 11 is 0.996. The highest BCUT2D eigenvalue weighted by atomic mass is 32.1. The molecule has 1 aromatic heterocycles. The maximum absolute atomic E-state index is 12.3. The zero-order valence-corrected chi connectivity index (χ0v) is 10.6. The van der Waals surface area contributed by atoms with E-state index in [0.717, 1.165) is 16.2 Å². The van der Waals surface area contributed by atoms with Crippen LogP contribution in [-0.2, 0) is 0 Å². The van der Waals surface area contributed by atoms with Crippen molar-refractivity contribution in [2.24, 2.45) is 0 Å². The smallest absolute Gasteiger partial charge is 0.285 e. The molecule has 6 nitrogen and oxygen atoms in total. The molecular weight excluding hydrogens is 266 g/mol. The van der Waals surface area contributed by atoms with Crippen molar-refractivity contribution in [3.8, 4) is 0 Å². The highest BCUT2D eigenvalue weighted by Crippen LogP contribution is 2.17. The number of nitrogens with zero attached hydrogens (tertiary/aromatic N) is 3. The third kappa shape index (κ3) is 4.15. The summed E-state index contributed by atoms with van der Waals surface area (Å²) in [4.78, 5) is 12.7. The third-order valence-corrected chi connectivity index (χ3v) is 2.82. The van der Waals surface area contributed by atoms with Crippen LogP contribution in [0.4, 0.5) is 13.9 Å². The van der Waals surface area contributed by atoms with E-state index in [2.05, 4.69) is 15.5 Å². The van der Waals surface area contributed by atoms with Crippen molar-refractivity contribution in [2.75, 3.05) is 31.6 Å². The number of amides is 1. The fourth-order valence-electron chi connectivity index (χ4n) is 1.23. The minimum absolute atomic E-state index is 0.0278. The molecule has 0 atom stereocenters. The van der Waals surface area contributed by atoms with E-state index in [1.165, 1.54) is 0 Å². The molecule has 0 aliphatic heterocycles. The molecule has 0 saturated heterocycles. The largest absolute Gasteiger partial charge is 0.395 e. The van der Waals surface area contributed by atoms with Crippen molar-refractivity contribution in [1.82, 2.24) is 15.1 Å². The first-order valence-electron chi connectivity index (χ1n) is 5.34. The number of aromatic nitrogens is 2. The monoisotopic (exact) mass is 280 g/mol. The van der Waals surface area contributed by atoms with Crippen LogP contribution in [0.3, 0.4) is 0 Å². The fourth-order valence-corrected chi connectivity index (χ4v) is 2.01. The number of halogens is 2. The van der Waals surface area contributed by atoms with Gasteiger partial charge in [0.25, 0.3) is 12.3 Å². The molecule has 0 bridgehead atoms. The Morgan fingerprint density at radius 3 is 2.83 bits per heavy atom. The Hall–Kier alpha value is -1.35. The second-order valence-corrected chi connectivity index (χ2v) is 4.29. The van der Waals surface area contributed by atoms with Crippen LogP contribution in [0.1, 0.15) is 16.7 Å². The van der Waals surface area contributed by atoms with Gasteiger partial charge in [0.05, 0.1) is 13.2 Å². The predicted octanol–water partition coefficient (Wildman–Crippen LogP) is 0.669. The molecule has 2 N–H and O–H groups in total. The predicted molar refractivity (Wildman–Crippen MR) is 63.1 cm³/mol. The second-order valence-electron chi connectivity index (χ2n) is 3.31. The minimum atomic E-state index is -2.65. The van der Waals surface area contributed by atoms with E-state index in [4.69, 9.17) is 5.11 Å². The van der Waals surface area contributed by atoms with Crippen LogP contribution in [0.5, 0.6) is 0 Å². The lowest BCUT2D eigenvalue weighted by Gasteiger charge is -2.19. The molecule has 18 heavy (non-hydrogen) atoms. The lowest BCUT2D eigenvalue weighted by atomic mass is 10.4. The SMILES string of the molecule is CCNc1nnc(C(=O)N(CCO)CC(F)F)s1. The maximum Gasteiger partial charge on any atom is 0.285 e. The summed E-state index contributed by atoms with van der Waals surface area (Å²) < 4.78 is 24.6. The van der Waals surface area contributed by atoms with Gasteiger partial charge in [-0.25, -0.2) is 8.78 Å². The molecule has 1 heterocycles. The normalized spacial score (nSPS) is 10.7. The Balaban J connectivity index is 2.74. The topological polar surface area (TPSA) is 78.4 Å². The summed E-state index contributed by atoms with van der Waals surface area (Å²) in [7, 11) is 0. The van der Waals surface area contributed by atoms with E-state index in [0.29, 0.717) is 11.7 Å². The molecule has 1 aromatic rings. The van der Waals surface area contributed by atoms with Gasteiger partial charge in [-0.2, -0.15) is 0 Å². The Morgan fingerprint density at radius 2 is 2.28 bits per heavy atom. The van der Waals surface area contributed by atoms with Gasteiger partial charge in [-0.15, -0.1) is 10.2 Å². The Labute approximate surface area is 107 Å². The highest BCUT2D eigenvalue weighted by Gasteiger charge is 2.22. The summed E-state index contributed by atoms with van der Waals surface area (Å²) in [6, 6.07) is 0. The van der Waals surface area contributed by atoms with E-state index in [9.17, 15) is 13.6 Å². The second kappa shape index (κ2) is 7.17. The van der Waals surface area contributed by atoms with Crippen molar-refractivity contribution >= 4 is 22.4 Å². The van der Waals surface area contributed by atoms with E-state index in [1.807, 2.05) is 6.92 Å². The van der Waals surface area contributed by atoms with Crippen molar-refractivity contribution in [1.29, 1.82) is 0 Å². The third-order valence-electron chi connectivity index (χ3n) is 1.95. The standard InChI is InChI=1S/C9H14F2N4O2S/c1-2-12-9-14-13-7(18-9)8(17)15(3-4-16)5-6(10)11/h6,16H,2-5H2,1H3,(H,12,14). The molecule has 0 saturated carbocycles. The molecular formula is C9H14F2N4O2S. The molecule has 0 radical (unpaired) electrons. The van der Waals surface area contributed by atoms with Crippen LogP contribution >= 0.6 is 11.3 Å². The van der Waals surface area contributed by atoms with E-state index in [1.54, 1.807) is 0 Å². The highest BCUT2D eigenvalue weighted by molar-refractivity contribution is 7.17. The van der Waals surface area contributed by atoms with E-state index < -0.39 is 18.9 Å². The molecule has 9 heteroatoms. The Morgan fingerprint density at radius 1 is 1.56 bits per heavy atom. The van der Waals surface area contributed by atoms with Crippen LogP contribution in [0, 0.1) is 0 Å². The Bertz CT molecular complexity index is 388. The number of nitrogens with one attached hydrogen (secondary N) is 1. The van der Waals surface area contributed by atoms with E-state index in [-0.39, 0.29) is 18.2 Å². The van der Waals surface area contributed by atoms with Gasteiger partial charge >= 0.3 is 0 Å². The van der Waals surface area contributed by atoms with Crippen molar-refractivity contribution in [2.45, 2.75) is 13.3 Å². The molecule has 0 aliphatic rings. The molecule has 0 unspecified atom stereocenters. The van der Waals surface area contributed by atoms with Gasteiger partial charge in [0.1, 0.15) is 0 Å². The number of carbonyl (C=O) groups excluding carboxylic acids is 1. The van der Waals surface area contributed by atoms with Crippen LogP contribution < -0.4 is 5.32 Å². The lowest BCUT2D eigenvalue weighted by Crippen LogP contribution is -2.37. The number of alkyl halides is 2. The van der Waals surface area contributed by atoms with Crippen molar-refractivity contribution in [3.05, 3.63) is 5.01 Å². The number of hydrogen-bond acceptors (Lipinski definition) is 6. The minimum Gasteiger partial charge on any atom is -0.395 e. The van der Waals surface area contributed by atoms with Gasteiger partial charge in [-0.05, 0) is 6.92 Å². The summed E-state index contributed by atoms with van der Waals surface area (Å²) in [5.41, 5.74) is 0. The van der Waals surface area contributed by atoms with Crippen LogP contribution in [0.15, 0.2) is 0 Å². The van der Waals surface area contributed by atoms with E-state index >= 15 is 0 Å². The molecule has 0 aliphatic carbocycles. The number of aliphatic hydroxyl groups is 1. The van der Waals surface area contributed by atoms with Gasteiger partial charge in [-0.1, -0.05) is 11.3 Å². The quantitative estimate of drug-likeness (QED) is 0.767. The average Bonchev–Trinajstić information content (AvgIpc) is 2.76. The molecule has 0 aromatic carbocycles. The summed E-state index contributed by atoms with van der Waals surface area (Å²) in [5.74, 6) is -0.647. The van der Waals surface area contributed by atoms with Crippen molar-refractivity contribution < 1.29 is 18.7 Å². The molecule has 1 rings (SSSR count). The van der Waals surface area contributed by atoms with Gasteiger partial charge in [-0.3, -0.25) is 4.79 Å². The maximum atomic E-state index is 12.3. The first kappa shape index (κ1) is 14.7. The summed E-state index contributed by atoms with van der Waals surface area (Å²) in [6.07, 6.45) is -2.65. The van der Waals surface area contributed by atoms with Gasteiger partial charge in [0.15, 0.2) is 0 Å². The zero-order valence-electron chi connectivity index (χ0n) is 9.77.